The van der Waals surface area contributed by atoms with Crippen molar-refractivity contribution in [2.24, 2.45) is 0 Å². The molecular formula is C21H25N3O5. The van der Waals surface area contributed by atoms with Crippen LogP contribution in [-0.2, 0) is 20.9 Å². The first-order chi connectivity index (χ1) is 13.9. The van der Waals surface area contributed by atoms with Crippen LogP contribution in [0.1, 0.15) is 49.9 Å². The number of hydrogen-bond acceptors (Lipinski definition) is 6. The van der Waals surface area contributed by atoms with E-state index in [0.29, 0.717) is 23.6 Å². The van der Waals surface area contributed by atoms with Gasteiger partial charge in [0, 0.05) is 29.7 Å². The molecule has 3 aromatic rings. The molecule has 0 saturated carbocycles. The first-order valence-corrected chi connectivity index (χ1v) is 9.55. The van der Waals surface area contributed by atoms with E-state index in [0.717, 1.165) is 5.39 Å². The summed E-state index contributed by atoms with van der Waals surface area (Å²) in [4.78, 5) is 25.2. The zero-order valence-electron chi connectivity index (χ0n) is 17.0. The Labute approximate surface area is 168 Å². The highest BCUT2D eigenvalue weighted by atomic mass is 16.6. The largest absolute Gasteiger partial charge is 0.449 e. The maximum atomic E-state index is 12.7. The second-order valence-corrected chi connectivity index (χ2v) is 6.83. The molecule has 1 amide bonds. The first-order valence-electron chi connectivity index (χ1n) is 9.55. The monoisotopic (exact) mass is 399 g/mol. The molecule has 154 valence electrons. The zero-order chi connectivity index (χ0) is 21.0. The van der Waals surface area contributed by atoms with Crippen molar-refractivity contribution in [3.05, 3.63) is 47.9 Å². The average molecular weight is 399 g/mol. The Morgan fingerprint density at radius 1 is 1.21 bits per heavy atom. The number of para-hydroxylation sites is 1. The van der Waals surface area contributed by atoms with E-state index >= 15 is 0 Å². The summed E-state index contributed by atoms with van der Waals surface area (Å²) in [5.41, 5.74) is 1.17. The summed E-state index contributed by atoms with van der Waals surface area (Å²) in [6, 6.07) is 9.06. The number of nitrogens with zero attached hydrogens (tertiary/aromatic N) is 2. The molecule has 1 aromatic carbocycles. The smallest absolute Gasteiger partial charge is 0.375 e. The van der Waals surface area contributed by atoms with E-state index < -0.39 is 18.0 Å². The minimum absolute atomic E-state index is 0.0477. The van der Waals surface area contributed by atoms with Crippen molar-refractivity contribution in [2.45, 2.75) is 46.4 Å². The minimum Gasteiger partial charge on any atom is -0.449 e. The fourth-order valence-corrected chi connectivity index (χ4v) is 2.93. The summed E-state index contributed by atoms with van der Waals surface area (Å²) in [5, 5.41) is 7.68. The minimum atomic E-state index is -1.02. The number of benzene rings is 1. The first kappa shape index (κ1) is 20.6. The standard InChI is InChI=1S/C21H25N3O5/c1-5-27-12-16-15-8-6-7-9-17(15)29-19(16)21(26)28-14(4)20(25)23-18-10-11-22-24(18)13(2)3/h6-11,13-14H,5,12H2,1-4H3,(H,23,25)/t14-/m0/s1. The molecule has 0 radical (unpaired) electrons. The SMILES string of the molecule is CCOCc1c(C(=O)O[C@@H](C)C(=O)Nc2ccnn2C(C)C)oc2ccccc12. The number of furan rings is 1. The molecular weight excluding hydrogens is 374 g/mol. The maximum absolute atomic E-state index is 12.7. The highest BCUT2D eigenvalue weighted by Crippen LogP contribution is 2.27. The molecule has 29 heavy (non-hydrogen) atoms. The van der Waals surface area contributed by atoms with Gasteiger partial charge in [-0.15, -0.1) is 0 Å². The number of hydrogen-bond donors (Lipinski definition) is 1. The van der Waals surface area contributed by atoms with Crippen LogP contribution in [0, 0.1) is 0 Å². The van der Waals surface area contributed by atoms with Crippen molar-refractivity contribution in [1.29, 1.82) is 0 Å². The van der Waals surface area contributed by atoms with Crippen LogP contribution >= 0.6 is 0 Å². The van der Waals surface area contributed by atoms with Gasteiger partial charge in [-0.2, -0.15) is 5.10 Å². The van der Waals surface area contributed by atoms with E-state index in [4.69, 9.17) is 13.9 Å². The molecule has 2 aromatic heterocycles. The van der Waals surface area contributed by atoms with E-state index in [1.54, 1.807) is 23.0 Å². The molecule has 0 aliphatic rings. The van der Waals surface area contributed by atoms with Crippen molar-refractivity contribution in [3.63, 3.8) is 0 Å². The lowest BCUT2D eigenvalue weighted by Gasteiger charge is -2.15. The Bertz CT molecular complexity index is 1000. The second kappa shape index (κ2) is 8.91. The van der Waals surface area contributed by atoms with E-state index in [9.17, 15) is 9.59 Å². The number of fused-ring (bicyclic) bond motifs is 1. The van der Waals surface area contributed by atoms with Crippen LogP contribution in [0.4, 0.5) is 5.82 Å². The molecule has 0 unspecified atom stereocenters. The fourth-order valence-electron chi connectivity index (χ4n) is 2.93. The van der Waals surface area contributed by atoms with E-state index in [2.05, 4.69) is 10.4 Å². The number of amides is 1. The van der Waals surface area contributed by atoms with Gasteiger partial charge in [0.2, 0.25) is 5.76 Å². The summed E-state index contributed by atoms with van der Waals surface area (Å²) < 4.78 is 18.2. The molecule has 1 atom stereocenters. The lowest BCUT2D eigenvalue weighted by Crippen LogP contribution is -2.31. The number of carbonyl (C=O) groups is 2. The Balaban J connectivity index is 1.75. The predicted octanol–water partition coefficient (Wildman–Crippen LogP) is 3.93. The van der Waals surface area contributed by atoms with Crippen molar-refractivity contribution in [3.8, 4) is 0 Å². The number of nitrogens with one attached hydrogen (secondary N) is 1. The molecule has 0 spiro atoms. The number of rotatable bonds is 8. The third kappa shape index (κ3) is 4.48. The van der Waals surface area contributed by atoms with Crippen LogP contribution in [0.5, 0.6) is 0 Å². The number of carbonyl (C=O) groups excluding carboxylic acids is 2. The van der Waals surface area contributed by atoms with E-state index in [1.807, 2.05) is 39.0 Å². The van der Waals surface area contributed by atoms with E-state index in [1.165, 1.54) is 6.92 Å². The number of anilines is 1. The highest BCUT2D eigenvalue weighted by molar-refractivity contribution is 5.99. The van der Waals surface area contributed by atoms with Gasteiger partial charge in [-0.3, -0.25) is 4.79 Å². The summed E-state index contributed by atoms with van der Waals surface area (Å²) in [6.07, 6.45) is 0.576. The van der Waals surface area contributed by atoms with Gasteiger partial charge in [0.1, 0.15) is 11.4 Å². The van der Waals surface area contributed by atoms with Gasteiger partial charge in [-0.25, -0.2) is 9.48 Å². The number of ether oxygens (including phenoxy) is 2. The molecule has 0 bridgehead atoms. The third-order valence-corrected chi connectivity index (χ3v) is 4.40. The van der Waals surface area contributed by atoms with Crippen LogP contribution in [0.25, 0.3) is 11.0 Å². The molecule has 8 heteroatoms. The van der Waals surface area contributed by atoms with Gasteiger partial charge < -0.3 is 19.2 Å². The zero-order valence-corrected chi connectivity index (χ0v) is 17.0. The maximum Gasteiger partial charge on any atom is 0.375 e. The van der Waals surface area contributed by atoms with Crippen molar-refractivity contribution in [2.75, 3.05) is 11.9 Å². The molecule has 3 rings (SSSR count). The highest BCUT2D eigenvalue weighted by Gasteiger charge is 2.26. The van der Waals surface area contributed by atoms with Crippen molar-refractivity contribution < 1.29 is 23.5 Å². The Kier molecular flexibility index (Phi) is 6.33. The fraction of sp³-hybridized carbons (Fsp3) is 0.381. The van der Waals surface area contributed by atoms with Crippen LogP contribution in [-0.4, -0.2) is 34.4 Å². The van der Waals surface area contributed by atoms with Crippen molar-refractivity contribution in [1.82, 2.24) is 9.78 Å². The molecule has 8 nitrogen and oxygen atoms in total. The third-order valence-electron chi connectivity index (χ3n) is 4.40. The van der Waals surface area contributed by atoms with Crippen LogP contribution < -0.4 is 5.32 Å². The number of aromatic nitrogens is 2. The summed E-state index contributed by atoms with van der Waals surface area (Å²) in [7, 11) is 0. The molecule has 0 aliphatic carbocycles. The Morgan fingerprint density at radius 3 is 2.69 bits per heavy atom. The van der Waals surface area contributed by atoms with Gasteiger partial charge >= 0.3 is 5.97 Å². The van der Waals surface area contributed by atoms with Crippen LogP contribution in [0.3, 0.4) is 0 Å². The van der Waals surface area contributed by atoms with Crippen LogP contribution in [0.15, 0.2) is 40.9 Å². The average Bonchev–Trinajstić information content (AvgIpc) is 3.30. The van der Waals surface area contributed by atoms with Crippen molar-refractivity contribution >= 4 is 28.7 Å². The molecule has 0 aliphatic heterocycles. The lowest BCUT2D eigenvalue weighted by molar-refractivity contribution is -0.123. The lowest BCUT2D eigenvalue weighted by atomic mass is 10.1. The topological polar surface area (TPSA) is 95.6 Å². The molecule has 0 fully saturated rings. The summed E-state index contributed by atoms with van der Waals surface area (Å²) in [5.74, 6) is -0.584. The van der Waals surface area contributed by atoms with Gasteiger partial charge in [-0.05, 0) is 33.8 Å². The van der Waals surface area contributed by atoms with Gasteiger partial charge in [-0.1, -0.05) is 18.2 Å². The summed E-state index contributed by atoms with van der Waals surface area (Å²) >= 11 is 0. The predicted molar refractivity (Wildman–Crippen MR) is 108 cm³/mol. The Morgan fingerprint density at radius 2 is 1.97 bits per heavy atom. The quantitative estimate of drug-likeness (QED) is 0.577. The second-order valence-electron chi connectivity index (χ2n) is 6.83. The van der Waals surface area contributed by atoms with Gasteiger partial charge in [0.15, 0.2) is 6.10 Å². The van der Waals surface area contributed by atoms with E-state index in [-0.39, 0.29) is 18.4 Å². The van der Waals surface area contributed by atoms with Crippen LogP contribution in [0.2, 0.25) is 0 Å². The summed E-state index contributed by atoms with van der Waals surface area (Å²) in [6.45, 7) is 7.99. The Hall–Kier alpha value is -3.13. The number of esters is 1. The molecule has 0 saturated heterocycles. The van der Waals surface area contributed by atoms with Gasteiger partial charge in [0.25, 0.3) is 5.91 Å². The van der Waals surface area contributed by atoms with Gasteiger partial charge in [0.05, 0.1) is 12.8 Å². The molecule has 2 heterocycles. The molecule has 1 N–H and O–H groups in total. The normalized spacial score (nSPS) is 12.3.